The largest absolute Gasteiger partial charge is 0.417 e. The third-order valence-corrected chi connectivity index (χ3v) is 2.99. The Kier molecular flexibility index (Phi) is 4.35. The minimum absolute atomic E-state index is 0.0318. The SMILES string of the molecule is Cc1ccc(CC(=O)Nc2cc(C(F)(F)F)c[nH]c2=O)cc1. The summed E-state index contributed by atoms with van der Waals surface area (Å²) in [4.78, 5) is 25.3. The molecule has 1 aromatic heterocycles. The second-order valence-electron chi connectivity index (χ2n) is 4.84. The first kappa shape index (κ1) is 15.8. The molecule has 0 aliphatic carbocycles. The topological polar surface area (TPSA) is 62.0 Å². The third kappa shape index (κ3) is 3.97. The van der Waals surface area contributed by atoms with Crippen molar-refractivity contribution >= 4 is 11.6 Å². The highest BCUT2D eigenvalue weighted by Crippen LogP contribution is 2.29. The third-order valence-electron chi connectivity index (χ3n) is 2.99. The van der Waals surface area contributed by atoms with E-state index < -0.39 is 28.9 Å². The molecular weight excluding hydrogens is 297 g/mol. The standard InChI is InChI=1S/C15H13F3N2O2/c1-9-2-4-10(5-3-9)6-13(21)20-12-7-11(15(16,17)18)8-19-14(12)22/h2-5,7-8H,6H2,1H3,(H,19,22)(H,20,21). The molecule has 0 fully saturated rings. The monoisotopic (exact) mass is 310 g/mol. The maximum atomic E-state index is 12.6. The molecule has 2 rings (SSSR count). The molecule has 0 aliphatic rings. The van der Waals surface area contributed by atoms with Gasteiger partial charge in [-0.1, -0.05) is 29.8 Å². The van der Waals surface area contributed by atoms with Gasteiger partial charge >= 0.3 is 6.18 Å². The van der Waals surface area contributed by atoms with Crippen LogP contribution in [0.3, 0.4) is 0 Å². The number of carbonyl (C=O) groups excluding carboxylic acids is 1. The van der Waals surface area contributed by atoms with Crippen molar-refractivity contribution in [2.75, 3.05) is 5.32 Å². The average Bonchev–Trinajstić information content (AvgIpc) is 2.42. The molecule has 0 saturated heterocycles. The van der Waals surface area contributed by atoms with Crippen LogP contribution >= 0.6 is 0 Å². The molecule has 2 aromatic rings. The number of H-pyrrole nitrogens is 1. The molecular formula is C15H13F3N2O2. The van der Waals surface area contributed by atoms with Crippen molar-refractivity contribution in [3.8, 4) is 0 Å². The van der Waals surface area contributed by atoms with Crippen LogP contribution in [-0.2, 0) is 17.4 Å². The lowest BCUT2D eigenvalue weighted by molar-refractivity contribution is -0.137. The number of hydrogen-bond acceptors (Lipinski definition) is 2. The van der Waals surface area contributed by atoms with Gasteiger partial charge in [0, 0.05) is 6.20 Å². The predicted octanol–water partition coefficient (Wildman–Crippen LogP) is 2.88. The fraction of sp³-hybridized carbons (Fsp3) is 0.200. The van der Waals surface area contributed by atoms with E-state index in [1.165, 1.54) is 0 Å². The zero-order valence-electron chi connectivity index (χ0n) is 11.6. The normalized spacial score (nSPS) is 11.3. The van der Waals surface area contributed by atoms with E-state index >= 15 is 0 Å². The molecule has 1 aromatic carbocycles. The molecule has 0 aliphatic heterocycles. The molecule has 1 heterocycles. The summed E-state index contributed by atoms with van der Waals surface area (Å²) in [6.07, 6.45) is -4.06. The summed E-state index contributed by atoms with van der Waals surface area (Å²) in [5.41, 5.74) is -0.514. The van der Waals surface area contributed by atoms with E-state index in [1.54, 1.807) is 12.1 Å². The quantitative estimate of drug-likeness (QED) is 0.915. The van der Waals surface area contributed by atoms with E-state index in [9.17, 15) is 22.8 Å². The van der Waals surface area contributed by atoms with Gasteiger partial charge in [-0.05, 0) is 18.6 Å². The van der Waals surface area contributed by atoms with Gasteiger partial charge in [-0.3, -0.25) is 9.59 Å². The highest BCUT2D eigenvalue weighted by Gasteiger charge is 2.31. The fourth-order valence-corrected chi connectivity index (χ4v) is 1.83. The number of aryl methyl sites for hydroxylation is 1. The first-order chi connectivity index (χ1) is 10.3. The molecule has 0 atom stereocenters. The number of amides is 1. The number of benzene rings is 1. The molecule has 7 heteroatoms. The molecule has 4 nitrogen and oxygen atoms in total. The second-order valence-corrected chi connectivity index (χ2v) is 4.84. The van der Waals surface area contributed by atoms with Gasteiger partial charge in [-0.2, -0.15) is 13.2 Å². The summed E-state index contributed by atoms with van der Waals surface area (Å²) in [7, 11) is 0. The molecule has 0 bridgehead atoms. The molecule has 22 heavy (non-hydrogen) atoms. The summed E-state index contributed by atoms with van der Waals surface area (Å²) in [5, 5.41) is 2.20. The van der Waals surface area contributed by atoms with Gasteiger partial charge < -0.3 is 10.3 Å². The van der Waals surface area contributed by atoms with Crippen molar-refractivity contribution in [1.29, 1.82) is 0 Å². The van der Waals surface area contributed by atoms with Crippen LogP contribution in [0, 0.1) is 6.92 Å². The van der Waals surface area contributed by atoms with E-state index in [1.807, 2.05) is 24.0 Å². The predicted molar refractivity (Wildman–Crippen MR) is 75.6 cm³/mol. The summed E-state index contributed by atoms with van der Waals surface area (Å²) in [6, 6.07) is 7.74. The van der Waals surface area contributed by atoms with Crippen molar-refractivity contribution < 1.29 is 18.0 Å². The first-order valence-electron chi connectivity index (χ1n) is 6.41. The van der Waals surface area contributed by atoms with Gasteiger partial charge in [0.05, 0.1) is 12.0 Å². The zero-order chi connectivity index (χ0) is 16.3. The van der Waals surface area contributed by atoms with Crippen LogP contribution < -0.4 is 10.9 Å². The highest BCUT2D eigenvalue weighted by molar-refractivity contribution is 5.92. The van der Waals surface area contributed by atoms with Crippen LogP contribution in [0.2, 0.25) is 0 Å². The fourth-order valence-electron chi connectivity index (χ4n) is 1.83. The Labute approximate surface area is 124 Å². The number of aromatic nitrogens is 1. The maximum absolute atomic E-state index is 12.6. The van der Waals surface area contributed by atoms with E-state index in [0.717, 1.165) is 5.56 Å². The number of carbonyl (C=O) groups is 1. The van der Waals surface area contributed by atoms with Gasteiger partial charge in [0.15, 0.2) is 0 Å². The van der Waals surface area contributed by atoms with E-state index in [-0.39, 0.29) is 6.42 Å². The number of pyridine rings is 1. The summed E-state index contributed by atoms with van der Waals surface area (Å²) in [6.45, 7) is 1.89. The van der Waals surface area contributed by atoms with Crippen LogP contribution in [0.5, 0.6) is 0 Å². The maximum Gasteiger partial charge on any atom is 0.417 e. The number of aromatic amines is 1. The molecule has 0 spiro atoms. The van der Waals surface area contributed by atoms with E-state index in [0.29, 0.717) is 17.8 Å². The van der Waals surface area contributed by atoms with Gasteiger partial charge in [0.1, 0.15) is 5.69 Å². The number of halogens is 3. The Hall–Kier alpha value is -2.57. The van der Waals surface area contributed by atoms with E-state index in [2.05, 4.69) is 5.32 Å². The molecule has 1 amide bonds. The number of nitrogens with one attached hydrogen (secondary N) is 2. The van der Waals surface area contributed by atoms with Crippen molar-refractivity contribution in [2.45, 2.75) is 19.5 Å². The molecule has 116 valence electrons. The van der Waals surface area contributed by atoms with Crippen molar-refractivity contribution in [3.63, 3.8) is 0 Å². The van der Waals surface area contributed by atoms with Gasteiger partial charge in [0.2, 0.25) is 5.91 Å². The summed E-state index contributed by atoms with van der Waals surface area (Å²) in [5.74, 6) is -0.561. The smallest absolute Gasteiger partial charge is 0.327 e. The van der Waals surface area contributed by atoms with Crippen LogP contribution in [0.25, 0.3) is 0 Å². The molecule has 0 saturated carbocycles. The van der Waals surface area contributed by atoms with Gasteiger partial charge in [0.25, 0.3) is 5.56 Å². The Morgan fingerprint density at radius 1 is 1.23 bits per heavy atom. The Morgan fingerprint density at radius 2 is 1.86 bits per heavy atom. The number of hydrogen-bond donors (Lipinski definition) is 2. The number of alkyl halides is 3. The summed E-state index contributed by atoms with van der Waals surface area (Å²) < 4.78 is 37.8. The minimum Gasteiger partial charge on any atom is -0.327 e. The highest BCUT2D eigenvalue weighted by atomic mass is 19.4. The Balaban J connectivity index is 2.14. The van der Waals surface area contributed by atoms with Crippen molar-refractivity contribution in [1.82, 2.24) is 4.98 Å². The molecule has 0 unspecified atom stereocenters. The van der Waals surface area contributed by atoms with Crippen molar-refractivity contribution in [3.05, 3.63) is 63.6 Å². The first-order valence-corrected chi connectivity index (χ1v) is 6.41. The summed E-state index contributed by atoms with van der Waals surface area (Å²) >= 11 is 0. The number of anilines is 1. The van der Waals surface area contributed by atoms with Crippen molar-refractivity contribution in [2.24, 2.45) is 0 Å². The van der Waals surface area contributed by atoms with Gasteiger partial charge in [-0.15, -0.1) is 0 Å². The lowest BCUT2D eigenvalue weighted by Gasteiger charge is -2.09. The van der Waals surface area contributed by atoms with Crippen LogP contribution in [-0.4, -0.2) is 10.9 Å². The second kappa shape index (κ2) is 6.05. The molecule has 2 N–H and O–H groups in total. The van der Waals surface area contributed by atoms with Crippen LogP contribution in [0.15, 0.2) is 41.3 Å². The minimum atomic E-state index is -4.60. The lowest BCUT2D eigenvalue weighted by atomic mass is 10.1. The zero-order valence-corrected chi connectivity index (χ0v) is 11.6. The lowest BCUT2D eigenvalue weighted by Crippen LogP contribution is -2.22. The number of rotatable bonds is 3. The van der Waals surface area contributed by atoms with Gasteiger partial charge in [-0.25, -0.2) is 0 Å². The average molecular weight is 310 g/mol. The molecule has 0 radical (unpaired) electrons. The van der Waals surface area contributed by atoms with Crippen LogP contribution in [0.1, 0.15) is 16.7 Å². The van der Waals surface area contributed by atoms with E-state index in [4.69, 9.17) is 0 Å². The van der Waals surface area contributed by atoms with Crippen LogP contribution in [0.4, 0.5) is 18.9 Å². The Bertz CT molecular complexity index is 734. The Morgan fingerprint density at radius 3 is 2.45 bits per heavy atom.